The first-order valence-corrected chi connectivity index (χ1v) is 15.8. The zero-order valence-electron chi connectivity index (χ0n) is 25.2. The molecule has 0 saturated carbocycles. The number of halogens is 1. The van der Waals surface area contributed by atoms with Crippen molar-refractivity contribution in [1.29, 1.82) is 0 Å². The standard InChI is InChI=1S/C34H48N2O2S.BrH/c1-6-7-8-9-10-11-12-13-14-15-21-38-32-20-19-30(23-31(32)34(3,4)5)35-33(37)29-18-16-17-28(22-29)25-36-24-27(2)39-26-36;/h16-20,22-24,26H,6-15,21,25H2,1-5H3;1H. The lowest BCUT2D eigenvalue weighted by Gasteiger charge is -2.24. The minimum absolute atomic E-state index is 0. The number of anilines is 1. The van der Waals surface area contributed by atoms with Gasteiger partial charge in [0.15, 0.2) is 12.7 Å². The van der Waals surface area contributed by atoms with Crippen molar-refractivity contribution in [1.82, 2.24) is 0 Å². The summed E-state index contributed by atoms with van der Waals surface area (Å²) >= 11 is 1.73. The lowest BCUT2D eigenvalue weighted by atomic mass is 9.86. The van der Waals surface area contributed by atoms with Crippen LogP contribution >= 0.6 is 11.3 Å². The van der Waals surface area contributed by atoms with Crippen molar-refractivity contribution < 1.29 is 31.1 Å². The summed E-state index contributed by atoms with van der Waals surface area (Å²) in [5.41, 5.74) is 5.70. The monoisotopic (exact) mass is 628 g/mol. The summed E-state index contributed by atoms with van der Waals surface area (Å²) in [6.07, 6.45) is 15.3. The topological polar surface area (TPSA) is 42.2 Å². The van der Waals surface area contributed by atoms with Gasteiger partial charge in [-0.15, -0.1) is 0 Å². The number of aryl methyl sites for hydroxylation is 1. The quantitative estimate of drug-likeness (QED) is 0.151. The van der Waals surface area contributed by atoms with Gasteiger partial charge in [0.05, 0.1) is 11.5 Å². The predicted octanol–water partition coefficient (Wildman–Crippen LogP) is 6.25. The Morgan fingerprint density at radius 1 is 0.925 bits per heavy atom. The number of amides is 1. The Hall–Kier alpha value is -2.18. The largest absolute Gasteiger partial charge is 1.00 e. The summed E-state index contributed by atoms with van der Waals surface area (Å²) in [6.45, 7) is 12.4. The SMILES string of the molecule is CCCCCCCCCCCCOc1ccc(NC(=O)c2cccc(C[n+]3csc(C)c3)c2)cc1C(C)(C)C.[Br-]. The summed E-state index contributed by atoms with van der Waals surface area (Å²) < 4.78 is 8.39. The van der Waals surface area contributed by atoms with Crippen molar-refractivity contribution in [3.8, 4) is 5.75 Å². The van der Waals surface area contributed by atoms with Crippen molar-refractivity contribution in [3.63, 3.8) is 0 Å². The van der Waals surface area contributed by atoms with E-state index in [4.69, 9.17) is 4.74 Å². The Kier molecular flexibility index (Phi) is 15.0. The summed E-state index contributed by atoms with van der Waals surface area (Å²) in [7, 11) is 0. The normalized spacial score (nSPS) is 11.2. The highest BCUT2D eigenvalue weighted by Crippen LogP contribution is 2.34. The average Bonchev–Trinajstić information content (AvgIpc) is 3.31. The van der Waals surface area contributed by atoms with Crippen LogP contribution in [0.5, 0.6) is 5.75 Å². The van der Waals surface area contributed by atoms with Crippen molar-refractivity contribution in [2.75, 3.05) is 11.9 Å². The first-order chi connectivity index (χ1) is 18.8. The van der Waals surface area contributed by atoms with Gasteiger partial charge in [-0.1, -0.05) is 109 Å². The van der Waals surface area contributed by atoms with Gasteiger partial charge < -0.3 is 27.0 Å². The van der Waals surface area contributed by atoms with Gasteiger partial charge in [0.25, 0.3) is 5.91 Å². The van der Waals surface area contributed by atoms with E-state index in [9.17, 15) is 4.79 Å². The number of nitrogens with zero attached hydrogens (tertiary/aromatic N) is 1. The number of hydrogen-bond acceptors (Lipinski definition) is 3. The predicted molar refractivity (Wildman–Crippen MR) is 165 cm³/mol. The van der Waals surface area contributed by atoms with Gasteiger partial charge in [-0.2, -0.15) is 4.57 Å². The number of carbonyl (C=O) groups is 1. The molecule has 0 atom stereocenters. The number of hydrogen-bond donors (Lipinski definition) is 1. The summed E-state index contributed by atoms with van der Waals surface area (Å²) in [5, 5.41) is 3.11. The van der Waals surface area contributed by atoms with Crippen LogP contribution in [0.25, 0.3) is 0 Å². The Labute approximate surface area is 257 Å². The molecule has 3 rings (SSSR count). The zero-order chi connectivity index (χ0) is 28.1. The molecule has 4 nitrogen and oxygen atoms in total. The molecule has 0 aliphatic carbocycles. The maximum atomic E-state index is 13.1. The molecule has 0 bridgehead atoms. The highest BCUT2D eigenvalue weighted by Gasteiger charge is 2.20. The van der Waals surface area contributed by atoms with E-state index >= 15 is 0 Å². The minimum atomic E-state index is -0.0951. The van der Waals surface area contributed by atoms with Gasteiger partial charge in [-0.25, -0.2) is 0 Å². The Morgan fingerprint density at radius 2 is 1.60 bits per heavy atom. The van der Waals surface area contributed by atoms with E-state index in [2.05, 4.69) is 68.3 Å². The van der Waals surface area contributed by atoms with Crippen LogP contribution in [0.2, 0.25) is 0 Å². The summed E-state index contributed by atoms with van der Waals surface area (Å²) in [5.74, 6) is 0.823. The van der Waals surface area contributed by atoms with E-state index in [1.54, 1.807) is 11.3 Å². The molecule has 0 fully saturated rings. The van der Waals surface area contributed by atoms with Gasteiger partial charge in [0, 0.05) is 22.4 Å². The van der Waals surface area contributed by atoms with Gasteiger partial charge >= 0.3 is 0 Å². The van der Waals surface area contributed by atoms with Crippen LogP contribution in [-0.2, 0) is 12.0 Å². The fourth-order valence-electron chi connectivity index (χ4n) is 4.84. The Morgan fingerprint density at radius 3 is 2.23 bits per heavy atom. The van der Waals surface area contributed by atoms with Gasteiger partial charge in [0.1, 0.15) is 5.75 Å². The molecule has 3 aromatic rings. The van der Waals surface area contributed by atoms with Crippen LogP contribution in [0.15, 0.2) is 54.2 Å². The van der Waals surface area contributed by atoms with E-state index in [0.29, 0.717) is 5.56 Å². The first-order valence-electron chi connectivity index (χ1n) is 14.9. The molecule has 1 amide bonds. The number of ether oxygens (including phenoxy) is 1. The second-order valence-electron chi connectivity index (χ2n) is 11.8. The number of nitrogens with one attached hydrogen (secondary N) is 1. The van der Waals surface area contributed by atoms with Crippen LogP contribution in [0.3, 0.4) is 0 Å². The molecule has 1 aromatic heterocycles. The van der Waals surface area contributed by atoms with Crippen LogP contribution in [0.4, 0.5) is 5.69 Å². The maximum absolute atomic E-state index is 13.1. The molecule has 0 radical (unpaired) electrons. The Balaban J connectivity index is 0.00000560. The molecule has 1 N–H and O–H groups in total. The van der Waals surface area contributed by atoms with E-state index < -0.39 is 0 Å². The van der Waals surface area contributed by atoms with E-state index in [0.717, 1.165) is 42.1 Å². The lowest BCUT2D eigenvalue weighted by Crippen LogP contribution is -3.00. The number of carbonyl (C=O) groups excluding carboxylic acids is 1. The van der Waals surface area contributed by atoms with Crippen molar-refractivity contribution in [2.24, 2.45) is 0 Å². The molecule has 0 saturated heterocycles. The molecule has 1 heterocycles. The summed E-state index contributed by atoms with van der Waals surface area (Å²) in [6, 6.07) is 13.9. The molecular formula is C34H49BrN2O2S. The lowest BCUT2D eigenvalue weighted by molar-refractivity contribution is -0.683. The molecular weight excluding hydrogens is 580 g/mol. The second-order valence-corrected chi connectivity index (χ2v) is 12.9. The third-order valence-electron chi connectivity index (χ3n) is 7.08. The molecule has 6 heteroatoms. The molecule has 0 aliphatic rings. The van der Waals surface area contributed by atoms with E-state index in [-0.39, 0.29) is 28.3 Å². The maximum Gasteiger partial charge on any atom is 0.255 e. The van der Waals surface area contributed by atoms with Crippen LogP contribution in [0, 0.1) is 6.92 Å². The average molecular weight is 630 g/mol. The van der Waals surface area contributed by atoms with E-state index in [1.165, 1.54) is 62.7 Å². The zero-order valence-corrected chi connectivity index (χ0v) is 27.6. The molecule has 2 aromatic carbocycles. The first kappa shape index (κ1) is 34.0. The third-order valence-corrected chi connectivity index (χ3v) is 7.93. The fraction of sp³-hybridized carbons (Fsp3) is 0.529. The number of unbranched alkanes of at least 4 members (excludes halogenated alkanes) is 9. The van der Waals surface area contributed by atoms with E-state index in [1.807, 2.05) is 30.3 Å². The smallest absolute Gasteiger partial charge is 0.255 e. The Bertz CT molecular complexity index is 1170. The third kappa shape index (κ3) is 11.7. The van der Waals surface area contributed by atoms with Gasteiger partial charge in [-0.3, -0.25) is 4.79 Å². The molecule has 0 spiro atoms. The van der Waals surface area contributed by atoms with Crippen LogP contribution in [0.1, 0.15) is 118 Å². The number of thiazole rings is 1. The number of benzene rings is 2. The van der Waals surface area contributed by atoms with Crippen LogP contribution in [-0.4, -0.2) is 12.5 Å². The van der Waals surface area contributed by atoms with Crippen molar-refractivity contribution in [2.45, 2.75) is 111 Å². The molecule has 40 heavy (non-hydrogen) atoms. The van der Waals surface area contributed by atoms with Crippen molar-refractivity contribution in [3.05, 3.63) is 75.7 Å². The number of rotatable bonds is 16. The van der Waals surface area contributed by atoms with Gasteiger partial charge in [-0.05, 0) is 49.1 Å². The molecule has 220 valence electrons. The highest BCUT2D eigenvalue weighted by molar-refractivity contribution is 7.09. The second kappa shape index (κ2) is 17.6. The molecule has 0 aliphatic heterocycles. The van der Waals surface area contributed by atoms with Crippen LogP contribution < -0.4 is 31.6 Å². The summed E-state index contributed by atoms with van der Waals surface area (Å²) in [4.78, 5) is 14.4. The number of aromatic nitrogens is 1. The minimum Gasteiger partial charge on any atom is -1.00 e. The molecule has 0 unspecified atom stereocenters. The van der Waals surface area contributed by atoms with Crippen molar-refractivity contribution >= 4 is 22.9 Å². The highest BCUT2D eigenvalue weighted by atomic mass is 79.9. The van der Waals surface area contributed by atoms with Gasteiger partial charge in [0.2, 0.25) is 5.51 Å². The fourth-order valence-corrected chi connectivity index (χ4v) is 5.48.